The molecular formula is C16H24Cl3N5OS. The number of carbonyl (C=O) groups excluding carboxylic acids is 1. The Morgan fingerprint density at radius 2 is 1.88 bits per heavy atom. The molecule has 0 atom stereocenters. The predicted octanol–water partition coefficient (Wildman–Crippen LogP) is 2.53. The maximum atomic E-state index is 12.6. The van der Waals surface area contributed by atoms with E-state index in [4.69, 9.17) is 5.73 Å². The molecular weight excluding hydrogens is 417 g/mol. The smallest absolute Gasteiger partial charge is 0.254 e. The molecule has 1 aliphatic rings. The third-order valence-electron chi connectivity index (χ3n) is 3.98. The molecule has 2 N–H and O–H groups in total. The monoisotopic (exact) mass is 439 g/mol. The van der Waals surface area contributed by atoms with E-state index < -0.39 is 0 Å². The first-order valence-corrected chi connectivity index (χ1v) is 8.61. The number of pyridine rings is 1. The van der Waals surface area contributed by atoms with Crippen LogP contribution in [0.2, 0.25) is 0 Å². The van der Waals surface area contributed by atoms with Gasteiger partial charge in [0.2, 0.25) is 0 Å². The van der Waals surface area contributed by atoms with Crippen molar-refractivity contribution in [3.8, 4) is 0 Å². The van der Waals surface area contributed by atoms with Crippen LogP contribution in [0.25, 0.3) is 0 Å². The molecule has 1 saturated heterocycles. The Kier molecular flexibility index (Phi) is 11.3. The molecule has 0 bridgehead atoms. The number of rotatable bonds is 4. The third-order valence-corrected chi connectivity index (χ3v) is 4.81. The molecule has 3 heterocycles. The maximum Gasteiger partial charge on any atom is 0.254 e. The van der Waals surface area contributed by atoms with Crippen molar-refractivity contribution in [3.63, 3.8) is 0 Å². The van der Waals surface area contributed by atoms with Crippen molar-refractivity contribution in [2.75, 3.05) is 26.2 Å². The van der Waals surface area contributed by atoms with Gasteiger partial charge in [-0.2, -0.15) is 0 Å². The van der Waals surface area contributed by atoms with Gasteiger partial charge in [0.1, 0.15) is 0 Å². The molecule has 0 unspecified atom stereocenters. The molecule has 146 valence electrons. The maximum absolute atomic E-state index is 12.6. The number of halogens is 3. The number of thiazole rings is 1. The summed E-state index contributed by atoms with van der Waals surface area (Å²) < 4.78 is 0. The van der Waals surface area contributed by atoms with Crippen LogP contribution in [-0.4, -0.2) is 51.9 Å². The van der Waals surface area contributed by atoms with Crippen LogP contribution in [0.3, 0.4) is 0 Å². The van der Waals surface area contributed by atoms with Crippen molar-refractivity contribution in [1.82, 2.24) is 19.8 Å². The second kappa shape index (κ2) is 11.7. The lowest BCUT2D eigenvalue weighted by molar-refractivity contribution is 0.0627. The Balaban J connectivity index is 0.00000208. The highest BCUT2D eigenvalue weighted by molar-refractivity contribution is 7.09. The van der Waals surface area contributed by atoms with E-state index in [-0.39, 0.29) is 43.1 Å². The first kappa shape index (κ1) is 25.0. The van der Waals surface area contributed by atoms with Gasteiger partial charge >= 0.3 is 0 Å². The zero-order valence-electron chi connectivity index (χ0n) is 14.5. The van der Waals surface area contributed by atoms with E-state index in [1.165, 1.54) is 0 Å². The zero-order chi connectivity index (χ0) is 16.2. The van der Waals surface area contributed by atoms with Crippen LogP contribution in [0.1, 0.15) is 26.8 Å². The standard InChI is InChI=1S/C16H21N5OS.3ClH/c1-12-19-15(11-23-12)10-20-4-6-21(7-5-20)16(22)13-2-3-18-14(8-13)9-17;;;/h2-3,8,11H,4-7,9-10,17H2,1H3;3*1H. The third kappa shape index (κ3) is 6.33. The lowest BCUT2D eigenvalue weighted by Crippen LogP contribution is -2.48. The van der Waals surface area contributed by atoms with Crippen molar-refractivity contribution in [3.05, 3.63) is 45.7 Å². The topological polar surface area (TPSA) is 75.4 Å². The Morgan fingerprint density at radius 3 is 2.46 bits per heavy atom. The van der Waals surface area contributed by atoms with Gasteiger partial charge in [-0.05, 0) is 19.1 Å². The number of piperazine rings is 1. The normalized spacial score (nSPS) is 14.0. The molecule has 1 fully saturated rings. The summed E-state index contributed by atoms with van der Waals surface area (Å²) in [5, 5.41) is 3.21. The van der Waals surface area contributed by atoms with E-state index in [1.54, 1.807) is 29.7 Å². The highest BCUT2D eigenvalue weighted by atomic mass is 35.5. The summed E-state index contributed by atoms with van der Waals surface area (Å²) in [6.07, 6.45) is 1.65. The number of carbonyl (C=O) groups is 1. The summed E-state index contributed by atoms with van der Waals surface area (Å²) in [5.41, 5.74) is 8.13. The highest BCUT2D eigenvalue weighted by Gasteiger charge is 2.22. The van der Waals surface area contributed by atoms with Crippen LogP contribution in [-0.2, 0) is 13.1 Å². The summed E-state index contributed by atoms with van der Waals surface area (Å²) in [6.45, 7) is 6.45. The quantitative estimate of drug-likeness (QED) is 0.790. The Bertz CT molecular complexity index is 692. The van der Waals surface area contributed by atoms with Crippen LogP contribution in [0.4, 0.5) is 0 Å². The molecule has 0 saturated carbocycles. The lowest BCUT2D eigenvalue weighted by atomic mass is 10.2. The molecule has 1 aliphatic heterocycles. The average Bonchev–Trinajstić information content (AvgIpc) is 3.00. The number of nitrogens with zero attached hydrogens (tertiary/aromatic N) is 4. The van der Waals surface area contributed by atoms with Gasteiger partial charge in [-0.3, -0.25) is 14.7 Å². The van der Waals surface area contributed by atoms with Crippen LogP contribution in [0.5, 0.6) is 0 Å². The summed E-state index contributed by atoms with van der Waals surface area (Å²) in [4.78, 5) is 25.4. The Hall–Kier alpha value is -0.960. The molecule has 2 aromatic rings. The van der Waals surface area contributed by atoms with E-state index >= 15 is 0 Å². The number of hydrogen-bond acceptors (Lipinski definition) is 6. The second-order valence-corrected chi connectivity index (χ2v) is 6.73. The van der Waals surface area contributed by atoms with Crippen LogP contribution >= 0.6 is 48.6 Å². The first-order chi connectivity index (χ1) is 11.2. The van der Waals surface area contributed by atoms with E-state index in [0.717, 1.165) is 49.1 Å². The molecule has 0 aromatic carbocycles. The van der Waals surface area contributed by atoms with E-state index in [0.29, 0.717) is 12.1 Å². The summed E-state index contributed by atoms with van der Waals surface area (Å²) in [7, 11) is 0. The molecule has 26 heavy (non-hydrogen) atoms. The molecule has 6 nitrogen and oxygen atoms in total. The zero-order valence-corrected chi connectivity index (χ0v) is 17.7. The molecule has 3 rings (SSSR count). The van der Waals surface area contributed by atoms with Crippen LogP contribution in [0, 0.1) is 6.92 Å². The number of aryl methyl sites for hydroxylation is 1. The summed E-state index contributed by atoms with van der Waals surface area (Å²) in [6, 6.07) is 3.54. The minimum atomic E-state index is 0. The summed E-state index contributed by atoms with van der Waals surface area (Å²) >= 11 is 1.68. The van der Waals surface area contributed by atoms with E-state index in [9.17, 15) is 4.79 Å². The van der Waals surface area contributed by atoms with Gasteiger partial charge < -0.3 is 10.6 Å². The predicted molar refractivity (Wildman–Crippen MR) is 112 cm³/mol. The fourth-order valence-electron chi connectivity index (χ4n) is 2.72. The van der Waals surface area contributed by atoms with Crippen molar-refractivity contribution in [2.24, 2.45) is 5.73 Å². The van der Waals surface area contributed by atoms with Gasteiger partial charge in [0.05, 0.1) is 16.4 Å². The van der Waals surface area contributed by atoms with E-state index in [1.807, 2.05) is 11.8 Å². The lowest BCUT2D eigenvalue weighted by Gasteiger charge is -2.34. The highest BCUT2D eigenvalue weighted by Crippen LogP contribution is 2.14. The number of aromatic nitrogens is 2. The fraction of sp³-hybridized carbons (Fsp3) is 0.438. The van der Waals surface area contributed by atoms with Gasteiger partial charge in [-0.25, -0.2) is 4.98 Å². The number of hydrogen-bond donors (Lipinski definition) is 1. The summed E-state index contributed by atoms with van der Waals surface area (Å²) in [5.74, 6) is 0.0613. The Morgan fingerprint density at radius 1 is 1.19 bits per heavy atom. The molecule has 10 heteroatoms. The van der Waals surface area contributed by atoms with Crippen molar-refractivity contribution < 1.29 is 4.79 Å². The first-order valence-electron chi connectivity index (χ1n) is 7.73. The molecule has 0 aliphatic carbocycles. The minimum absolute atomic E-state index is 0. The number of nitrogens with two attached hydrogens (primary N) is 1. The van der Waals surface area contributed by atoms with Crippen molar-refractivity contribution in [2.45, 2.75) is 20.0 Å². The van der Waals surface area contributed by atoms with E-state index in [2.05, 4.69) is 20.2 Å². The SMILES string of the molecule is Cc1nc(CN2CCN(C(=O)c3ccnc(CN)c3)CC2)cs1.Cl.Cl.Cl. The van der Waals surface area contributed by atoms with Crippen LogP contribution in [0.15, 0.2) is 23.7 Å². The van der Waals surface area contributed by atoms with Gasteiger partial charge in [-0.15, -0.1) is 48.6 Å². The molecule has 2 aromatic heterocycles. The van der Waals surface area contributed by atoms with Gasteiger partial charge in [0, 0.05) is 56.4 Å². The van der Waals surface area contributed by atoms with Crippen molar-refractivity contribution >= 4 is 54.5 Å². The molecule has 1 amide bonds. The fourth-order valence-corrected chi connectivity index (χ4v) is 3.33. The van der Waals surface area contributed by atoms with Gasteiger partial charge in [0.25, 0.3) is 5.91 Å². The van der Waals surface area contributed by atoms with Gasteiger partial charge in [-0.1, -0.05) is 0 Å². The Labute approximate surface area is 176 Å². The molecule has 0 spiro atoms. The average molecular weight is 441 g/mol. The van der Waals surface area contributed by atoms with Crippen LogP contribution < -0.4 is 5.73 Å². The largest absolute Gasteiger partial charge is 0.336 e. The van der Waals surface area contributed by atoms with Gasteiger partial charge in [0.15, 0.2) is 0 Å². The molecule has 0 radical (unpaired) electrons. The second-order valence-electron chi connectivity index (χ2n) is 5.67. The number of amides is 1. The minimum Gasteiger partial charge on any atom is -0.336 e. The van der Waals surface area contributed by atoms with Crippen molar-refractivity contribution in [1.29, 1.82) is 0 Å².